The number of rotatable bonds is 4. The second-order valence-electron chi connectivity index (χ2n) is 4.08. The van der Waals surface area contributed by atoms with Crippen LogP contribution in [0.3, 0.4) is 0 Å². The highest BCUT2D eigenvalue weighted by molar-refractivity contribution is 7.12. The molecule has 0 bridgehead atoms. The van der Waals surface area contributed by atoms with Crippen LogP contribution in [0.4, 0.5) is 5.69 Å². The number of amides is 1. The van der Waals surface area contributed by atoms with Gasteiger partial charge in [-0.05, 0) is 35.6 Å². The zero-order chi connectivity index (χ0) is 14.5. The summed E-state index contributed by atoms with van der Waals surface area (Å²) in [5.41, 5.74) is 1.80. The van der Waals surface area contributed by atoms with Gasteiger partial charge in [0, 0.05) is 0 Å². The molecule has 4 nitrogen and oxygen atoms in total. The molecule has 1 heterocycles. The molecule has 0 radical (unpaired) electrons. The first kappa shape index (κ1) is 14.1. The monoisotopic (exact) mass is 286 g/mol. The van der Waals surface area contributed by atoms with Gasteiger partial charge >= 0.3 is 0 Å². The fraction of sp³-hybridized carbons (Fsp3) is 0.200. The van der Waals surface area contributed by atoms with Gasteiger partial charge in [0.1, 0.15) is 17.5 Å². The first-order valence-corrected chi connectivity index (χ1v) is 7.04. The van der Waals surface area contributed by atoms with Gasteiger partial charge in [0.05, 0.1) is 17.6 Å². The first-order chi connectivity index (χ1) is 9.71. The molecule has 5 heteroatoms. The van der Waals surface area contributed by atoms with Crippen LogP contribution >= 0.6 is 11.3 Å². The maximum absolute atomic E-state index is 12.3. The lowest BCUT2D eigenvalue weighted by Gasteiger charge is -2.11. The van der Waals surface area contributed by atoms with Crippen molar-refractivity contribution in [3.8, 4) is 11.8 Å². The molecule has 0 aliphatic rings. The Bertz CT molecular complexity index is 671. The quantitative estimate of drug-likeness (QED) is 0.936. The number of thiophene rings is 1. The van der Waals surface area contributed by atoms with Crippen molar-refractivity contribution in [1.82, 2.24) is 0 Å². The zero-order valence-electron chi connectivity index (χ0n) is 11.3. The van der Waals surface area contributed by atoms with Gasteiger partial charge < -0.3 is 10.1 Å². The summed E-state index contributed by atoms with van der Waals surface area (Å²) in [7, 11) is 1.51. The molecule has 0 atom stereocenters. The van der Waals surface area contributed by atoms with E-state index in [0.29, 0.717) is 21.9 Å². The second kappa shape index (κ2) is 6.22. The van der Waals surface area contributed by atoms with Gasteiger partial charge in [-0.1, -0.05) is 13.0 Å². The number of carbonyl (C=O) groups is 1. The van der Waals surface area contributed by atoms with Crippen molar-refractivity contribution in [3.63, 3.8) is 0 Å². The zero-order valence-corrected chi connectivity index (χ0v) is 12.1. The van der Waals surface area contributed by atoms with Crippen LogP contribution in [0.2, 0.25) is 0 Å². The van der Waals surface area contributed by atoms with Crippen molar-refractivity contribution in [3.05, 3.63) is 45.6 Å². The average Bonchev–Trinajstić information content (AvgIpc) is 2.95. The Hall–Kier alpha value is -2.32. The average molecular weight is 286 g/mol. The van der Waals surface area contributed by atoms with Gasteiger partial charge in [0.15, 0.2) is 0 Å². The van der Waals surface area contributed by atoms with Gasteiger partial charge in [-0.25, -0.2) is 0 Å². The van der Waals surface area contributed by atoms with E-state index in [2.05, 4.69) is 11.4 Å². The number of nitrogens with zero attached hydrogens (tertiary/aromatic N) is 1. The van der Waals surface area contributed by atoms with E-state index < -0.39 is 0 Å². The lowest BCUT2D eigenvalue weighted by Crippen LogP contribution is -2.13. The first-order valence-electron chi connectivity index (χ1n) is 6.16. The Labute approximate surface area is 121 Å². The van der Waals surface area contributed by atoms with Crippen molar-refractivity contribution in [1.29, 1.82) is 5.26 Å². The SMILES string of the molecule is CCc1ccsc1C(=O)Nc1c(C#N)cccc1OC. The predicted molar refractivity (Wildman–Crippen MR) is 79.4 cm³/mol. The van der Waals surface area contributed by atoms with Crippen LogP contribution in [0.25, 0.3) is 0 Å². The Morgan fingerprint density at radius 1 is 1.45 bits per heavy atom. The van der Waals surface area contributed by atoms with E-state index in [9.17, 15) is 4.79 Å². The maximum Gasteiger partial charge on any atom is 0.266 e. The maximum atomic E-state index is 12.3. The molecule has 1 amide bonds. The summed E-state index contributed by atoms with van der Waals surface area (Å²) in [4.78, 5) is 13.0. The molecule has 0 fully saturated rings. The number of hydrogen-bond acceptors (Lipinski definition) is 4. The number of methoxy groups -OCH3 is 1. The Kier molecular flexibility index (Phi) is 4.38. The summed E-state index contributed by atoms with van der Waals surface area (Å²) in [6.45, 7) is 2.00. The minimum atomic E-state index is -0.210. The highest BCUT2D eigenvalue weighted by Gasteiger charge is 2.16. The number of aryl methyl sites for hydroxylation is 1. The van der Waals surface area contributed by atoms with Crippen LogP contribution in [0, 0.1) is 11.3 Å². The van der Waals surface area contributed by atoms with E-state index in [4.69, 9.17) is 10.00 Å². The lowest BCUT2D eigenvalue weighted by atomic mass is 10.1. The number of nitriles is 1. The molecule has 2 aromatic rings. The number of nitrogens with one attached hydrogen (secondary N) is 1. The molecule has 0 unspecified atom stereocenters. The summed E-state index contributed by atoms with van der Waals surface area (Å²) >= 11 is 1.39. The smallest absolute Gasteiger partial charge is 0.266 e. The number of hydrogen-bond donors (Lipinski definition) is 1. The normalized spacial score (nSPS) is 9.85. The van der Waals surface area contributed by atoms with Crippen molar-refractivity contribution >= 4 is 22.9 Å². The summed E-state index contributed by atoms with van der Waals surface area (Å²) < 4.78 is 5.20. The van der Waals surface area contributed by atoms with Crippen molar-refractivity contribution in [2.24, 2.45) is 0 Å². The molecule has 1 N–H and O–H groups in total. The molecular weight excluding hydrogens is 272 g/mol. The standard InChI is InChI=1S/C15H14N2O2S/c1-3-10-7-8-20-14(10)15(18)17-13-11(9-16)5-4-6-12(13)19-2/h4-8H,3H2,1-2H3,(H,17,18). The molecule has 20 heavy (non-hydrogen) atoms. The molecule has 0 saturated carbocycles. The third-order valence-corrected chi connectivity index (χ3v) is 3.89. The van der Waals surface area contributed by atoms with Crippen LogP contribution in [0.5, 0.6) is 5.75 Å². The van der Waals surface area contributed by atoms with Gasteiger partial charge in [-0.3, -0.25) is 4.79 Å². The minimum Gasteiger partial charge on any atom is -0.495 e. The number of carbonyl (C=O) groups excluding carboxylic acids is 1. The predicted octanol–water partition coefficient (Wildman–Crippen LogP) is 3.44. The highest BCUT2D eigenvalue weighted by Crippen LogP contribution is 2.29. The van der Waals surface area contributed by atoms with Gasteiger partial charge in [0.2, 0.25) is 0 Å². The number of anilines is 1. The van der Waals surface area contributed by atoms with Gasteiger partial charge in [-0.2, -0.15) is 5.26 Å². The van der Waals surface area contributed by atoms with E-state index in [1.54, 1.807) is 18.2 Å². The molecule has 2 rings (SSSR count). The van der Waals surface area contributed by atoms with E-state index in [1.807, 2.05) is 18.4 Å². The van der Waals surface area contributed by atoms with Gasteiger partial charge in [0.25, 0.3) is 5.91 Å². The topological polar surface area (TPSA) is 62.1 Å². The summed E-state index contributed by atoms with van der Waals surface area (Å²) in [6, 6.07) is 9.07. The Morgan fingerprint density at radius 2 is 2.25 bits per heavy atom. The Balaban J connectivity index is 2.35. The largest absolute Gasteiger partial charge is 0.495 e. The van der Waals surface area contributed by atoms with E-state index in [-0.39, 0.29) is 5.91 Å². The third-order valence-electron chi connectivity index (χ3n) is 2.94. The molecule has 0 aliphatic heterocycles. The Morgan fingerprint density at radius 3 is 2.90 bits per heavy atom. The minimum absolute atomic E-state index is 0.210. The molecule has 1 aromatic carbocycles. The molecule has 102 valence electrons. The number of para-hydroxylation sites is 1. The molecule has 0 aliphatic carbocycles. The van der Waals surface area contributed by atoms with E-state index >= 15 is 0 Å². The molecule has 0 saturated heterocycles. The number of benzene rings is 1. The molecule has 0 spiro atoms. The fourth-order valence-corrected chi connectivity index (χ4v) is 2.80. The van der Waals surface area contributed by atoms with Crippen molar-refractivity contribution in [2.75, 3.05) is 12.4 Å². The second-order valence-corrected chi connectivity index (χ2v) is 4.99. The van der Waals surface area contributed by atoms with Crippen LogP contribution in [0.1, 0.15) is 27.7 Å². The van der Waals surface area contributed by atoms with Crippen LogP contribution in [-0.2, 0) is 6.42 Å². The molecule has 1 aromatic heterocycles. The van der Waals surface area contributed by atoms with Gasteiger partial charge in [-0.15, -0.1) is 11.3 Å². The van der Waals surface area contributed by atoms with E-state index in [0.717, 1.165) is 12.0 Å². The summed E-state index contributed by atoms with van der Waals surface area (Å²) in [5, 5.41) is 13.8. The molecular formula is C15H14N2O2S. The third kappa shape index (κ3) is 2.65. The van der Waals surface area contributed by atoms with Crippen LogP contribution < -0.4 is 10.1 Å². The number of ether oxygens (including phenoxy) is 1. The van der Waals surface area contributed by atoms with Crippen molar-refractivity contribution < 1.29 is 9.53 Å². The van der Waals surface area contributed by atoms with Crippen LogP contribution in [-0.4, -0.2) is 13.0 Å². The van der Waals surface area contributed by atoms with Crippen LogP contribution in [0.15, 0.2) is 29.6 Å². The van der Waals surface area contributed by atoms with E-state index in [1.165, 1.54) is 18.4 Å². The lowest BCUT2D eigenvalue weighted by molar-refractivity contribution is 0.102. The summed E-state index contributed by atoms with van der Waals surface area (Å²) in [5.74, 6) is 0.268. The fourth-order valence-electron chi connectivity index (χ4n) is 1.91. The highest BCUT2D eigenvalue weighted by atomic mass is 32.1. The summed E-state index contributed by atoms with van der Waals surface area (Å²) in [6.07, 6.45) is 0.795. The van der Waals surface area contributed by atoms with Crippen molar-refractivity contribution in [2.45, 2.75) is 13.3 Å².